The average Bonchev–Trinajstić information content (AvgIpc) is 2.61. The zero-order valence-electron chi connectivity index (χ0n) is 14.3. The van der Waals surface area contributed by atoms with Gasteiger partial charge in [-0.15, -0.1) is 13.2 Å². The van der Waals surface area contributed by atoms with Gasteiger partial charge in [-0.3, -0.25) is 0 Å². The lowest BCUT2D eigenvalue weighted by molar-refractivity contribution is -0.274. The lowest BCUT2D eigenvalue weighted by atomic mass is 9.89. The maximum atomic E-state index is 12.3. The van der Waals surface area contributed by atoms with Crippen molar-refractivity contribution in [2.24, 2.45) is 0 Å². The van der Waals surface area contributed by atoms with Crippen LogP contribution in [-0.4, -0.2) is 25.1 Å². The van der Waals surface area contributed by atoms with Crippen LogP contribution in [0.15, 0.2) is 30.3 Å². The van der Waals surface area contributed by atoms with E-state index in [2.05, 4.69) is 10.1 Å². The van der Waals surface area contributed by atoms with Gasteiger partial charge in [-0.1, -0.05) is 12.1 Å². The number of ether oxygens (including phenoxy) is 2. The molecule has 2 aromatic rings. The third kappa shape index (κ3) is 3.94. The van der Waals surface area contributed by atoms with Gasteiger partial charge in [0, 0.05) is 17.7 Å². The molecule has 0 radical (unpaired) electrons. The van der Waals surface area contributed by atoms with Gasteiger partial charge in [0.15, 0.2) is 0 Å². The second-order valence-electron chi connectivity index (χ2n) is 6.08. The molecule has 7 heteroatoms. The zero-order valence-corrected chi connectivity index (χ0v) is 14.3. The second kappa shape index (κ2) is 7.55. The van der Waals surface area contributed by atoms with Gasteiger partial charge in [0.1, 0.15) is 11.5 Å². The number of aliphatic hydroxyl groups excluding tert-OH is 1. The molecule has 2 N–H and O–H groups in total. The van der Waals surface area contributed by atoms with E-state index in [1.807, 2.05) is 13.1 Å². The molecule has 0 bridgehead atoms. The molecular formula is C19H20F3NO3. The van der Waals surface area contributed by atoms with Crippen LogP contribution in [-0.2, 0) is 19.6 Å². The summed E-state index contributed by atoms with van der Waals surface area (Å²) in [7, 11) is 1.82. The molecule has 0 aliphatic carbocycles. The van der Waals surface area contributed by atoms with Crippen LogP contribution in [0.25, 0.3) is 11.1 Å². The van der Waals surface area contributed by atoms with E-state index in [9.17, 15) is 18.3 Å². The fraction of sp³-hybridized carbons (Fsp3) is 0.368. The molecule has 0 fully saturated rings. The van der Waals surface area contributed by atoms with Crippen molar-refractivity contribution in [3.05, 3.63) is 47.0 Å². The Balaban J connectivity index is 2.05. The molecule has 3 rings (SSSR count). The van der Waals surface area contributed by atoms with Crippen LogP contribution < -0.4 is 14.8 Å². The van der Waals surface area contributed by atoms with E-state index in [1.54, 1.807) is 12.1 Å². The summed E-state index contributed by atoms with van der Waals surface area (Å²) in [6, 6.07) is 7.66. The number of rotatable bonds is 5. The van der Waals surface area contributed by atoms with E-state index < -0.39 is 6.36 Å². The molecule has 140 valence electrons. The number of hydrogen-bond acceptors (Lipinski definition) is 4. The minimum absolute atomic E-state index is 0.0820. The zero-order chi connectivity index (χ0) is 18.7. The fourth-order valence-corrected chi connectivity index (χ4v) is 3.27. The third-order valence-electron chi connectivity index (χ3n) is 4.33. The van der Waals surface area contributed by atoms with Crippen molar-refractivity contribution >= 4 is 0 Å². The third-order valence-corrected chi connectivity index (χ3v) is 4.33. The van der Waals surface area contributed by atoms with E-state index in [-0.39, 0.29) is 12.4 Å². The predicted molar refractivity (Wildman–Crippen MR) is 91.1 cm³/mol. The topological polar surface area (TPSA) is 50.7 Å². The SMILES string of the molecule is CNCc1cc(-c2ccc(OC(F)(F)F)cc2)c2c(c1CO)CCCO2. The molecule has 4 nitrogen and oxygen atoms in total. The Hall–Kier alpha value is -2.25. The number of aliphatic hydroxyl groups is 1. The molecule has 0 amide bonds. The summed E-state index contributed by atoms with van der Waals surface area (Å²) in [5, 5.41) is 12.9. The van der Waals surface area contributed by atoms with Crippen molar-refractivity contribution in [2.45, 2.75) is 32.4 Å². The molecule has 0 spiro atoms. The first-order chi connectivity index (χ1) is 12.4. The van der Waals surface area contributed by atoms with Gasteiger partial charge in [0.05, 0.1) is 13.2 Å². The van der Waals surface area contributed by atoms with Gasteiger partial charge in [-0.25, -0.2) is 0 Å². The number of alkyl halides is 3. The number of halogens is 3. The van der Waals surface area contributed by atoms with Gasteiger partial charge in [0.25, 0.3) is 0 Å². The van der Waals surface area contributed by atoms with Crippen LogP contribution in [0, 0.1) is 0 Å². The molecule has 1 heterocycles. The molecule has 0 atom stereocenters. The molecule has 1 aliphatic heterocycles. The van der Waals surface area contributed by atoms with Crippen LogP contribution in [0.1, 0.15) is 23.1 Å². The highest BCUT2D eigenvalue weighted by molar-refractivity contribution is 5.75. The fourth-order valence-electron chi connectivity index (χ4n) is 3.27. The summed E-state index contributed by atoms with van der Waals surface area (Å²) < 4.78 is 46.8. The summed E-state index contributed by atoms with van der Waals surface area (Å²) in [4.78, 5) is 0. The number of nitrogens with one attached hydrogen (secondary N) is 1. The molecule has 26 heavy (non-hydrogen) atoms. The van der Waals surface area contributed by atoms with Crippen molar-refractivity contribution in [3.8, 4) is 22.6 Å². The van der Waals surface area contributed by atoms with E-state index in [0.29, 0.717) is 18.9 Å². The largest absolute Gasteiger partial charge is 0.573 e. The molecule has 0 saturated heterocycles. The first kappa shape index (κ1) is 18.5. The van der Waals surface area contributed by atoms with Crippen LogP contribution in [0.2, 0.25) is 0 Å². The maximum absolute atomic E-state index is 12.3. The molecule has 1 aliphatic rings. The van der Waals surface area contributed by atoms with Crippen LogP contribution in [0.3, 0.4) is 0 Å². The lowest BCUT2D eigenvalue weighted by Crippen LogP contribution is -2.17. The smallest absolute Gasteiger partial charge is 0.493 e. The highest BCUT2D eigenvalue weighted by Crippen LogP contribution is 2.41. The molecule has 0 aromatic heterocycles. The van der Waals surface area contributed by atoms with Gasteiger partial charge in [-0.05, 0) is 54.8 Å². The maximum Gasteiger partial charge on any atom is 0.573 e. The lowest BCUT2D eigenvalue weighted by Gasteiger charge is -2.25. The minimum Gasteiger partial charge on any atom is -0.493 e. The standard InChI is InChI=1S/C19H20F3NO3/c1-23-10-13-9-16(18-15(17(13)11-24)3-2-8-25-18)12-4-6-14(7-5-12)26-19(20,21)22/h4-7,9,23-24H,2-3,8,10-11H2,1H3. The van der Waals surface area contributed by atoms with E-state index in [1.165, 1.54) is 12.1 Å². The van der Waals surface area contributed by atoms with Crippen molar-refractivity contribution < 1.29 is 27.8 Å². The Kier molecular flexibility index (Phi) is 5.38. The van der Waals surface area contributed by atoms with Crippen molar-refractivity contribution in [3.63, 3.8) is 0 Å². The summed E-state index contributed by atoms with van der Waals surface area (Å²) in [6.45, 7) is 1.07. The Bertz CT molecular complexity index is 773. The Morgan fingerprint density at radius 1 is 1.23 bits per heavy atom. The summed E-state index contributed by atoms with van der Waals surface area (Å²) in [5.41, 5.74) is 4.32. The van der Waals surface area contributed by atoms with Gasteiger partial charge in [0.2, 0.25) is 0 Å². The first-order valence-corrected chi connectivity index (χ1v) is 8.35. The Morgan fingerprint density at radius 3 is 2.58 bits per heavy atom. The molecule has 0 saturated carbocycles. The van der Waals surface area contributed by atoms with Gasteiger partial charge >= 0.3 is 6.36 Å². The highest BCUT2D eigenvalue weighted by Gasteiger charge is 2.31. The van der Waals surface area contributed by atoms with Crippen LogP contribution >= 0.6 is 0 Å². The number of hydrogen-bond donors (Lipinski definition) is 2. The summed E-state index contributed by atoms with van der Waals surface area (Å²) >= 11 is 0. The summed E-state index contributed by atoms with van der Waals surface area (Å²) in [5.74, 6) is 0.433. The van der Waals surface area contributed by atoms with Gasteiger partial charge < -0.3 is 19.9 Å². The van der Waals surface area contributed by atoms with E-state index >= 15 is 0 Å². The van der Waals surface area contributed by atoms with Gasteiger partial charge in [-0.2, -0.15) is 0 Å². The quantitative estimate of drug-likeness (QED) is 0.844. The predicted octanol–water partition coefficient (Wildman–Crippen LogP) is 3.79. The number of benzene rings is 2. The van der Waals surface area contributed by atoms with E-state index in [0.717, 1.165) is 40.7 Å². The van der Waals surface area contributed by atoms with Crippen LogP contribution in [0.5, 0.6) is 11.5 Å². The molecule has 2 aromatic carbocycles. The average molecular weight is 367 g/mol. The normalized spacial score (nSPS) is 13.9. The minimum atomic E-state index is -4.72. The van der Waals surface area contributed by atoms with Crippen molar-refractivity contribution in [2.75, 3.05) is 13.7 Å². The molecule has 0 unspecified atom stereocenters. The highest BCUT2D eigenvalue weighted by atomic mass is 19.4. The summed E-state index contributed by atoms with van der Waals surface area (Å²) in [6.07, 6.45) is -3.06. The molecular weight excluding hydrogens is 347 g/mol. The Labute approximate surface area is 149 Å². The first-order valence-electron chi connectivity index (χ1n) is 8.35. The van der Waals surface area contributed by atoms with Crippen molar-refractivity contribution in [1.82, 2.24) is 5.32 Å². The number of fused-ring (bicyclic) bond motifs is 1. The Morgan fingerprint density at radius 2 is 1.96 bits per heavy atom. The van der Waals surface area contributed by atoms with Crippen molar-refractivity contribution in [1.29, 1.82) is 0 Å². The second-order valence-corrected chi connectivity index (χ2v) is 6.08. The monoisotopic (exact) mass is 367 g/mol. The van der Waals surface area contributed by atoms with E-state index in [4.69, 9.17) is 4.74 Å². The van der Waals surface area contributed by atoms with Crippen LogP contribution in [0.4, 0.5) is 13.2 Å².